The summed E-state index contributed by atoms with van der Waals surface area (Å²) >= 11 is 6.14. The predicted molar refractivity (Wildman–Crippen MR) is 92.9 cm³/mol. The minimum Gasteiger partial charge on any atom is -0.351 e. The van der Waals surface area contributed by atoms with Gasteiger partial charge in [-0.05, 0) is 49.9 Å². The Labute approximate surface area is 143 Å². The lowest BCUT2D eigenvalue weighted by Gasteiger charge is -2.32. The van der Waals surface area contributed by atoms with Crippen LogP contribution in [0.3, 0.4) is 0 Å². The van der Waals surface area contributed by atoms with Crippen molar-refractivity contribution in [1.82, 2.24) is 10.6 Å². The number of benzene rings is 1. The summed E-state index contributed by atoms with van der Waals surface area (Å²) in [6, 6.07) is 8.11. The Morgan fingerprint density at radius 1 is 1.27 bits per heavy atom. The van der Waals surface area contributed by atoms with Crippen LogP contribution in [0.5, 0.6) is 0 Å². The minimum atomic E-state index is -0.373. The summed E-state index contributed by atoms with van der Waals surface area (Å²) in [5, 5.41) is 7.35. The van der Waals surface area contributed by atoms with E-state index in [-0.39, 0.29) is 29.8 Å². The number of halogens is 2. The van der Waals surface area contributed by atoms with Crippen molar-refractivity contribution in [3.8, 4) is 0 Å². The molecule has 0 bridgehead atoms. The van der Waals surface area contributed by atoms with Gasteiger partial charge in [0.25, 0.3) is 0 Å². The van der Waals surface area contributed by atoms with Crippen molar-refractivity contribution in [3.05, 3.63) is 34.9 Å². The number of hydrogen-bond acceptors (Lipinski definition) is 2. The van der Waals surface area contributed by atoms with Gasteiger partial charge in [-0.1, -0.05) is 36.6 Å². The zero-order chi connectivity index (χ0) is 14.7. The largest absolute Gasteiger partial charge is 0.351 e. The Kier molecular flexibility index (Phi) is 6.13. The van der Waals surface area contributed by atoms with Gasteiger partial charge in [0.2, 0.25) is 5.91 Å². The number of carbonyl (C=O) groups is 1. The zero-order valence-electron chi connectivity index (χ0n) is 12.7. The molecular formula is C17H24Cl2N2O. The lowest BCUT2D eigenvalue weighted by molar-refractivity contribution is -0.127. The standard InChI is InChI=1S/C17H23ClN2O.ClH/c18-14-6-3-5-13(11-14)17(8-1-2-9-17)16(21)20-15-7-4-10-19-12-15;/h3,5-6,11,15,19H,1-2,4,7-10,12H2,(H,20,21);1H. The normalized spacial score (nSPS) is 23.6. The molecule has 122 valence electrons. The summed E-state index contributed by atoms with van der Waals surface area (Å²) < 4.78 is 0. The Morgan fingerprint density at radius 3 is 2.68 bits per heavy atom. The van der Waals surface area contributed by atoms with Gasteiger partial charge < -0.3 is 10.6 Å². The third-order valence-electron chi connectivity index (χ3n) is 4.90. The molecule has 3 rings (SSSR count). The number of hydrogen-bond donors (Lipinski definition) is 2. The second-order valence-electron chi connectivity index (χ2n) is 6.32. The number of amides is 1. The van der Waals surface area contributed by atoms with Crippen LogP contribution < -0.4 is 10.6 Å². The van der Waals surface area contributed by atoms with Crippen molar-refractivity contribution in [1.29, 1.82) is 0 Å². The van der Waals surface area contributed by atoms with Crippen LogP contribution in [0.4, 0.5) is 0 Å². The molecule has 1 atom stereocenters. The molecule has 22 heavy (non-hydrogen) atoms. The number of nitrogens with one attached hydrogen (secondary N) is 2. The summed E-state index contributed by atoms with van der Waals surface area (Å²) in [7, 11) is 0. The van der Waals surface area contributed by atoms with Crippen molar-refractivity contribution in [3.63, 3.8) is 0 Å². The van der Waals surface area contributed by atoms with Gasteiger partial charge >= 0.3 is 0 Å². The second kappa shape index (κ2) is 7.67. The molecule has 1 heterocycles. The fourth-order valence-corrected chi connectivity index (χ4v) is 3.90. The van der Waals surface area contributed by atoms with E-state index in [0.717, 1.165) is 57.2 Å². The van der Waals surface area contributed by atoms with Crippen LogP contribution >= 0.6 is 24.0 Å². The van der Waals surface area contributed by atoms with E-state index in [0.29, 0.717) is 5.02 Å². The Morgan fingerprint density at radius 2 is 2.05 bits per heavy atom. The van der Waals surface area contributed by atoms with Crippen LogP contribution in [0, 0.1) is 0 Å². The van der Waals surface area contributed by atoms with E-state index in [1.807, 2.05) is 18.2 Å². The van der Waals surface area contributed by atoms with Crippen molar-refractivity contribution >= 4 is 29.9 Å². The lowest BCUT2D eigenvalue weighted by Crippen LogP contribution is -2.51. The van der Waals surface area contributed by atoms with Gasteiger partial charge in [-0.3, -0.25) is 4.79 Å². The molecule has 2 aliphatic rings. The Balaban J connectivity index is 0.00000176. The van der Waals surface area contributed by atoms with E-state index in [2.05, 4.69) is 16.7 Å². The van der Waals surface area contributed by atoms with E-state index in [4.69, 9.17) is 11.6 Å². The molecule has 2 N–H and O–H groups in total. The predicted octanol–water partition coefficient (Wildman–Crippen LogP) is 3.44. The summed E-state index contributed by atoms with van der Waals surface area (Å²) in [6.07, 6.45) is 6.30. The third kappa shape index (κ3) is 3.58. The van der Waals surface area contributed by atoms with Gasteiger partial charge in [-0.15, -0.1) is 12.4 Å². The maximum Gasteiger partial charge on any atom is 0.230 e. The minimum absolute atomic E-state index is 0. The molecule has 1 saturated heterocycles. The molecule has 0 radical (unpaired) electrons. The Bertz CT molecular complexity index is 509. The molecule has 1 aliphatic carbocycles. The average molecular weight is 343 g/mol. The number of carbonyl (C=O) groups excluding carboxylic acids is 1. The van der Waals surface area contributed by atoms with Gasteiger partial charge in [-0.2, -0.15) is 0 Å². The van der Waals surface area contributed by atoms with Gasteiger partial charge in [0.1, 0.15) is 0 Å². The number of rotatable bonds is 3. The van der Waals surface area contributed by atoms with Gasteiger partial charge in [0.15, 0.2) is 0 Å². The first kappa shape index (κ1) is 17.6. The Hall–Kier alpha value is -0.770. The molecule has 1 aromatic carbocycles. The monoisotopic (exact) mass is 342 g/mol. The van der Waals surface area contributed by atoms with Gasteiger partial charge in [0.05, 0.1) is 5.41 Å². The first-order valence-electron chi connectivity index (χ1n) is 7.98. The smallest absolute Gasteiger partial charge is 0.230 e. The van der Waals surface area contributed by atoms with Crippen LogP contribution in [-0.2, 0) is 10.2 Å². The van der Waals surface area contributed by atoms with E-state index >= 15 is 0 Å². The summed E-state index contributed by atoms with van der Waals surface area (Å²) in [5.74, 6) is 0.191. The molecule has 1 aromatic rings. The van der Waals surface area contributed by atoms with E-state index < -0.39 is 0 Å². The summed E-state index contributed by atoms with van der Waals surface area (Å²) in [5.41, 5.74) is 0.705. The quantitative estimate of drug-likeness (QED) is 0.883. The first-order valence-corrected chi connectivity index (χ1v) is 8.36. The van der Waals surface area contributed by atoms with Crippen LogP contribution in [-0.4, -0.2) is 25.0 Å². The van der Waals surface area contributed by atoms with Crippen LogP contribution in [0.1, 0.15) is 44.1 Å². The summed E-state index contributed by atoms with van der Waals surface area (Å²) in [6.45, 7) is 1.95. The maximum atomic E-state index is 13.0. The molecule has 1 aliphatic heterocycles. The third-order valence-corrected chi connectivity index (χ3v) is 5.14. The van der Waals surface area contributed by atoms with Crippen molar-refractivity contribution in [2.45, 2.75) is 50.0 Å². The number of piperidine rings is 1. The molecule has 1 amide bonds. The van der Waals surface area contributed by atoms with Crippen molar-refractivity contribution in [2.75, 3.05) is 13.1 Å². The van der Waals surface area contributed by atoms with Crippen LogP contribution in [0.25, 0.3) is 0 Å². The van der Waals surface area contributed by atoms with Crippen LogP contribution in [0.15, 0.2) is 24.3 Å². The topological polar surface area (TPSA) is 41.1 Å². The summed E-state index contributed by atoms with van der Waals surface area (Å²) in [4.78, 5) is 13.0. The van der Waals surface area contributed by atoms with Gasteiger partial charge in [0, 0.05) is 17.6 Å². The van der Waals surface area contributed by atoms with Crippen molar-refractivity contribution < 1.29 is 4.79 Å². The highest BCUT2D eigenvalue weighted by Gasteiger charge is 2.43. The maximum absolute atomic E-state index is 13.0. The zero-order valence-corrected chi connectivity index (χ0v) is 14.3. The molecule has 1 unspecified atom stereocenters. The molecule has 5 heteroatoms. The highest BCUT2D eigenvalue weighted by Crippen LogP contribution is 2.42. The van der Waals surface area contributed by atoms with Crippen molar-refractivity contribution in [2.24, 2.45) is 0 Å². The second-order valence-corrected chi connectivity index (χ2v) is 6.75. The van der Waals surface area contributed by atoms with E-state index in [1.54, 1.807) is 0 Å². The fourth-order valence-electron chi connectivity index (χ4n) is 3.71. The van der Waals surface area contributed by atoms with E-state index in [1.165, 1.54) is 0 Å². The molecule has 0 spiro atoms. The highest BCUT2D eigenvalue weighted by molar-refractivity contribution is 6.30. The van der Waals surface area contributed by atoms with Gasteiger partial charge in [-0.25, -0.2) is 0 Å². The molecule has 3 nitrogen and oxygen atoms in total. The average Bonchev–Trinajstić information content (AvgIpc) is 2.99. The molecule has 1 saturated carbocycles. The molecule has 2 fully saturated rings. The fraction of sp³-hybridized carbons (Fsp3) is 0.588. The molecular weight excluding hydrogens is 319 g/mol. The van der Waals surface area contributed by atoms with Crippen LogP contribution in [0.2, 0.25) is 5.02 Å². The SMILES string of the molecule is Cl.O=C(NC1CCCNC1)C1(c2cccc(Cl)c2)CCCC1. The lowest BCUT2D eigenvalue weighted by atomic mass is 9.77. The molecule has 0 aromatic heterocycles. The first-order chi connectivity index (χ1) is 10.2. The van der Waals surface area contributed by atoms with E-state index in [9.17, 15) is 4.79 Å². The highest BCUT2D eigenvalue weighted by atomic mass is 35.5.